The van der Waals surface area contributed by atoms with Crippen LogP contribution in [0.25, 0.3) is 0 Å². The zero-order valence-corrected chi connectivity index (χ0v) is 21.0. The number of nitrogen functional groups attached to an aromatic ring is 1. The smallest absolute Gasteiger partial charge is 0.255 e. The Morgan fingerprint density at radius 1 is 0.667 bits per heavy atom. The molecule has 4 rings (SSSR count). The minimum Gasteiger partial charge on any atom is -0.397 e. The Bertz CT molecular complexity index is 1410. The van der Waals surface area contributed by atoms with E-state index < -0.39 is 35.3 Å². The third kappa shape index (κ3) is 6.84. The summed E-state index contributed by atoms with van der Waals surface area (Å²) in [4.78, 5) is 39.3. The van der Waals surface area contributed by atoms with E-state index >= 15 is 0 Å². The molecule has 4 aromatic carbocycles. The molecule has 0 aliphatic heterocycles. The van der Waals surface area contributed by atoms with E-state index in [1.165, 1.54) is 48.5 Å². The monoisotopic (exact) mass is 528 g/mol. The zero-order valence-electron chi connectivity index (χ0n) is 21.0. The number of anilines is 4. The fraction of sp³-hybridized carbons (Fsp3) is 0.100. The Balaban J connectivity index is 1.55. The number of carbonyl (C=O) groups excluding carboxylic acids is 3. The maximum Gasteiger partial charge on any atom is 0.255 e. The fourth-order valence-corrected chi connectivity index (χ4v) is 4.02. The van der Waals surface area contributed by atoms with Crippen LogP contribution in [0.2, 0.25) is 0 Å². The second-order valence-electron chi connectivity index (χ2n) is 8.92. The van der Waals surface area contributed by atoms with Gasteiger partial charge in [0.1, 0.15) is 17.6 Å². The highest BCUT2D eigenvalue weighted by Crippen LogP contribution is 2.28. The van der Waals surface area contributed by atoms with Crippen LogP contribution in [0.5, 0.6) is 0 Å². The molecule has 0 bridgehead atoms. The molecule has 4 aromatic rings. The summed E-state index contributed by atoms with van der Waals surface area (Å²) in [6, 6.07) is 23.7. The van der Waals surface area contributed by atoms with Crippen molar-refractivity contribution in [1.29, 1.82) is 0 Å². The summed E-state index contributed by atoms with van der Waals surface area (Å²) in [5, 5.41) is 8.06. The maximum absolute atomic E-state index is 13.3. The van der Waals surface area contributed by atoms with Gasteiger partial charge in [0.15, 0.2) is 0 Å². The van der Waals surface area contributed by atoms with Gasteiger partial charge in [0, 0.05) is 22.9 Å². The summed E-state index contributed by atoms with van der Waals surface area (Å²) < 4.78 is 26.6. The van der Waals surface area contributed by atoms with E-state index in [1.807, 2.05) is 0 Å². The lowest BCUT2D eigenvalue weighted by Gasteiger charge is -2.23. The van der Waals surface area contributed by atoms with E-state index in [-0.39, 0.29) is 5.91 Å². The van der Waals surface area contributed by atoms with Crippen molar-refractivity contribution in [2.75, 3.05) is 21.7 Å². The van der Waals surface area contributed by atoms with Gasteiger partial charge in [0.05, 0.1) is 11.4 Å². The van der Waals surface area contributed by atoms with Gasteiger partial charge in [-0.1, -0.05) is 31.2 Å². The molecule has 0 saturated heterocycles. The summed E-state index contributed by atoms with van der Waals surface area (Å²) in [5.41, 5.74) is 8.43. The Morgan fingerprint density at radius 3 is 1.64 bits per heavy atom. The molecule has 0 fully saturated rings. The number of nitrogens with two attached hydrogens (primary N) is 1. The first-order valence-corrected chi connectivity index (χ1v) is 12.1. The van der Waals surface area contributed by atoms with Crippen LogP contribution >= 0.6 is 0 Å². The lowest BCUT2D eigenvalue weighted by Crippen LogP contribution is -2.37. The average Bonchev–Trinajstić information content (AvgIpc) is 2.92. The molecule has 0 heterocycles. The molecule has 0 spiro atoms. The van der Waals surface area contributed by atoms with Gasteiger partial charge in [-0.15, -0.1) is 0 Å². The predicted molar refractivity (Wildman–Crippen MR) is 147 cm³/mol. The summed E-state index contributed by atoms with van der Waals surface area (Å²) in [6.07, 6.45) is 0. The summed E-state index contributed by atoms with van der Waals surface area (Å²) in [5.74, 6) is -4.38. The number of nitrogens with one attached hydrogen (secondary N) is 3. The molecule has 198 valence electrons. The number of hydrogen-bond donors (Lipinski definition) is 4. The van der Waals surface area contributed by atoms with Crippen LogP contribution in [-0.4, -0.2) is 17.7 Å². The number of halogens is 2. The van der Waals surface area contributed by atoms with E-state index in [1.54, 1.807) is 55.5 Å². The van der Waals surface area contributed by atoms with Crippen molar-refractivity contribution in [3.05, 3.63) is 120 Å². The minimum absolute atomic E-state index is 0.320. The van der Waals surface area contributed by atoms with Gasteiger partial charge in [-0.25, -0.2) is 8.78 Å². The summed E-state index contributed by atoms with van der Waals surface area (Å²) in [7, 11) is 0. The molecule has 0 aromatic heterocycles. The van der Waals surface area contributed by atoms with E-state index in [0.29, 0.717) is 33.9 Å². The van der Waals surface area contributed by atoms with Gasteiger partial charge in [-0.3, -0.25) is 14.4 Å². The summed E-state index contributed by atoms with van der Waals surface area (Å²) in [6.45, 7) is 1.71. The first kappa shape index (κ1) is 27.0. The molecular weight excluding hydrogens is 502 g/mol. The number of para-hydroxylation sites is 2. The second kappa shape index (κ2) is 12.0. The molecule has 1 atom stereocenters. The third-order valence-electron chi connectivity index (χ3n) is 6.20. The van der Waals surface area contributed by atoms with Crippen molar-refractivity contribution in [3.8, 4) is 0 Å². The Labute approximate surface area is 224 Å². The first-order valence-electron chi connectivity index (χ1n) is 12.1. The molecule has 5 N–H and O–H groups in total. The van der Waals surface area contributed by atoms with Crippen LogP contribution < -0.4 is 21.7 Å². The largest absolute Gasteiger partial charge is 0.397 e. The topological polar surface area (TPSA) is 113 Å². The predicted octanol–water partition coefficient (Wildman–Crippen LogP) is 5.80. The molecule has 0 saturated carbocycles. The molecule has 9 heteroatoms. The van der Waals surface area contributed by atoms with Crippen LogP contribution in [0.1, 0.15) is 28.8 Å². The first-order chi connectivity index (χ1) is 18.7. The van der Waals surface area contributed by atoms with Crippen LogP contribution in [0, 0.1) is 17.6 Å². The third-order valence-corrected chi connectivity index (χ3v) is 6.20. The van der Waals surface area contributed by atoms with Gasteiger partial charge in [-0.05, 0) is 78.4 Å². The Kier molecular flexibility index (Phi) is 8.30. The van der Waals surface area contributed by atoms with E-state index in [0.717, 1.165) is 0 Å². The second-order valence-corrected chi connectivity index (χ2v) is 8.92. The highest BCUT2D eigenvalue weighted by atomic mass is 19.1. The van der Waals surface area contributed by atoms with E-state index in [2.05, 4.69) is 16.0 Å². The zero-order chi connectivity index (χ0) is 27.9. The van der Waals surface area contributed by atoms with Crippen molar-refractivity contribution in [2.24, 2.45) is 5.92 Å². The quantitative estimate of drug-likeness (QED) is 0.171. The Hall–Kier alpha value is -5.05. The number of rotatable bonds is 8. The van der Waals surface area contributed by atoms with Gasteiger partial charge in [-0.2, -0.15) is 0 Å². The highest BCUT2D eigenvalue weighted by molar-refractivity contribution is 6.11. The van der Waals surface area contributed by atoms with Crippen molar-refractivity contribution in [3.63, 3.8) is 0 Å². The van der Waals surface area contributed by atoms with Crippen LogP contribution in [0.15, 0.2) is 97.1 Å². The Morgan fingerprint density at radius 2 is 1.15 bits per heavy atom. The van der Waals surface area contributed by atoms with E-state index in [4.69, 9.17) is 5.73 Å². The number of hydrogen-bond acceptors (Lipinski definition) is 4. The average molecular weight is 529 g/mol. The molecule has 0 aliphatic carbocycles. The van der Waals surface area contributed by atoms with Crippen LogP contribution in [0.3, 0.4) is 0 Å². The lowest BCUT2D eigenvalue weighted by molar-refractivity contribution is -0.130. The molecular formula is C30H26F2N4O3. The van der Waals surface area contributed by atoms with Crippen molar-refractivity contribution < 1.29 is 23.2 Å². The lowest BCUT2D eigenvalue weighted by atomic mass is 9.85. The molecule has 0 radical (unpaired) electrons. The molecule has 1 unspecified atom stereocenters. The van der Waals surface area contributed by atoms with Gasteiger partial charge in [0.25, 0.3) is 5.91 Å². The molecule has 39 heavy (non-hydrogen) atoms. The van der Waals surface area contributed by atoms with Gasteiger partial charge < -0.3 is 21.7 Å². The standard InChI is InChI=1S/C30H26F2N4O3/c1-18(19-6-8-20(9-7-19)28(37)36-26-5-3-2-4-25(26)33)27(29(38)34-23-14-10-21(31)11-15-23)30(39)35-24-16-12-22(32)13-17-24/h2-18,27H,33H2,1H3,(H,34,38)(H,35,39)(H,36,37). The molecule has 3 amide bonds. The van der Waals surface area contributed by atoms with E-state index in [9.17, 15) is 23.2 Å². The van der Waals surface area contributed by atoms with Crippen LogP contribution in [-0.2, 0) is 9.59 Å². The molecule has 7 nitrogen and oxygen atoms in total. The number of amides is 3. The van der Waals surface area contributed by atoms with Gasteiger partial charge in [0.2, 0.25) is 11.8 Å². The van der Waals surface area contributed by atoms with Crippen molar-refractivity contribution >= 4 is 40.5 Å². The maximum atomic E-state index is 13.3. The molecule has 0 aliphatic rings. The van der Waals surface area contributed by atoms with Gasteiger partial charge >= 0.3 is 0 Å². The number of carbonyl (C=O) groups is 3. The van der Waals surface area contributed by atoms with Crippen molar-refractivity contribution in [1.82, 2.24) is 0 Å². The highest BCUT2D eigenvalue weighted by Gasteiger charge is 2.33. The number of benzene rings is 4. The SMILES string of the molecule is CC(c1ccc(C(=O)Nc2ccccc2N)cc1)C(C(=O)Nc1ccc(F)cc1)C(=O)Nc1ccc(F)cc1. The summed E-state index contributed by atoms with van der Waals surface area (Å²) >= 11 is 0. The van der Waals surface area contributed by atoms with Crippen LogP contribution in [0.4, 0.5) is 31.5 Å². The van der Waals surface area contributed by atoms with Crippen molar-refractivity contribution in [2.45, 2.75) is 12.8 Å². The fourth-order valence-electron chi connectivity index (χ4n) is 4.02. The normalized spacial score (nSPS) is 11.5. The minimum atomic E-state index is -1.22.